The van der Waals surface area contributed by atoms with E-state index in [1.54, 1.807) is 11.9 Å². The first kappa shape index (κ1) is 20.5. The van der Waals surface area contributed by atoms with E-state index in [0.29, 0.717) is 18.7 Å². The van der Waals surface area contributed by atoms with Gasteiger partial charge in [0.2, 0.25) is 5.91 Å². The fraction of sp³-hybridized carbons (Fsp3) is 0.364. The molecule has 5 heteroatoms. The van der Waals surface area contributed by atoms with Crippen LogP contribution in [0.1, 0.15) is 30.0 Å². The number of nitrogens with one attached hydrogen (secondary N) is 1. The van der Waals surface area contributed by atoms with E-state index in [2.05, 4.69) is 5.32 Å². The molecule has 0 aromatic heterocycles. The summed E-state index contributed by atoms with van der Waals surface area (Å²) in [5.74, 6) is 0.305. The molecule has 0 saturated carbocycles. The lowest BCUT2D eigenvalue weighted by Gasteiger charge is -2.30. The molecular formula is C22H28N2O3. The minimum absolute atomic E-state index is 0.107. The Morgan fingerprint density at radius 3 is 2.41 bits per heavy atom. The Balaban J connectivity index is 2.19. The van der Waals surface area contributed by atoms with Gasteiger partial charge in [0.1, 0.15) is 11.8 Å². The molecule has 1 atom stereocenters. The number of benzene rings is 2. The van der Waals surface area contributed by atoms with Gasteiger partial charge in [0, 0.05) is 13.6 Å². The molecule has 2 amide bonds. The van der Waals surface area contributed by atoms with Gasteiger partial charge in [-0.25, -0.2) is 0 Å². The van der Waals surface area contributed by atoms with Crippen LogP contribution < -0.4 is 10.1 Å². The number of aryl methyl sites for hydroxylation is 1. The number of hydrogen-bond acceptors (Lipinski definition) is 3. The van der Waals surface area contributed by atoms with Gasteiger partial charge in [-0.05, 0) is 43.0 Å². The SMILES string of the molecule is CCC(C(=O)NC)N(Cc1ccccc1)C(=O)COc1cccc(C)c1C. The second-order valence-electron chi connectivity index (χ2n) is 6.53. The van der Waals surface area contributed by atoms with Crippen LogP contribution in [0.25, 0.3) is 0 Å². The van der Waals surface area contributed by atoms with Crippen LogP contribution in [-0.4, -0.2) is 36.4 Å². The van der Waals surface area contributed by atoms with Crippen LogP contribution in [0, 0.1) is 13.8 Å². The molecule has 0 heterocycles. The fourth-order valence-corrected chi connectivity index (χ4v) is 2.97. The molecule has 0 fully saturated rings. The van der Waals surface area contributed by atoms with E-state index >= 15 is 0 Å². The van der Waals surface area contributed by atoms with Gasteiger partial charge in [-0.15, -0.1) is 0 Å². The number of carbonyl (C=O) groups is 2. The second-order valence-corrected chi connectivity index (χ2v) is 6.53. The first-order valence-electron chi connectivity index (χ1n) is 9.21. The molecule has 0 radical (unpaired) electrons. The second kappa shape index (κ2) is 9.76. The average molecular weight is 368 g/mol. The van der Waals surface area contributed by atoms with Crippen molar-refractivity contribution in [2.45, 2.75) is 39.8 Å². The molecule has 0 aliphatic carbocycles. The molecule has 0 aliphatic rings. The van der Waals surface area contributed by atoms with Gasteiger partial charge >= 0.3 is 0 Å². The number of nitrogens with zero attached hydrogens (tertiary/aromatic N) is 1. The maximum atomic E-state index is 13.0. The first-order chi connectivity index (χ1) is 13.0. The molecule has 0 spiro atoms. The fourth-order valence-electron chi connectivity index (χ4n) is 2.97. The van der Waals surface area contributed by atoms with Crippen molar-refractivity contribution in [3.05, 3.63) is 65.2 Å². The average Bonchev–Trinajstić information content (AvgIpc) is 2.69. The van der Waals surface area contributed by atoms with Crippen LogP contribution in [0.3, 0.4) is 0 Å². The number of rotatable bonds is 8. The molecule has 2 aromatic rings. The molecule has 1 unspecified atom stereocenters. The highest BCUT2D eigenvalue weighted by atomic mass is 16.5. The maximum absolute atomic E-state index is 13.0. The Hall–Kier alpha value is -2.82. The van der Waals surface area contributed by atoms with Crippen molar-refractivity contribution in [1.82, 2.24) is 10.2 Å². The third-order valence-corrected chi connectivity index (χ3v) is 4.73. The van der Waals surface area contributed by atoms with Crippen molar-refractivity contribution in [3.8, 4) is 5.75 Å². The van der Waals surface area contributed by atoms with Gasteiger partial charge in [0.25, 0.3) is 5.91 Å². The lowest BCUT2D eigenvalue weighted by Crippen LogP contribution is -2.49. The van der Waals surface area contributed by atoms with Crippen LogP contribution in [0.2, 0.25) is 0 Å². The van der Waals surface area contributed by atoms with Gasteiger partial charge in [0.05, 0.1) is 0 Å². The summed E-state index contributed by atoms with van der Waals surface area (Å²) in [5.41, 5.74) is 3.09. The summed E-state index contributed by atoms with van der Waals surface area (Å²) in [6, 6.07) is 14.9. The van der Waals surface area contributed by atoms with Gasteiger partial charge in [0.15, 0.2) is 6.61 Å². The van der Waals surface area contributed by atoms with Crippen molar-refractivity contribution in [1.29, 1.82) is 0 Å². The van der Waals surface area contributed by atoms with Crippen LogP contribution in [0.15, 0.2) is 48.5 Å². The van der Waals surface area contributed by atoms with E-state index in [0.717, 1.165) is 16.7 Å². The predicted molar refractivity (Wildman–Crippen MR) is 107 cm³/mol. The molecule has 27 heavy (non-hydrogen) atoms. The summed E-state index contributed by atoms with van der Waals surface area (Å²) in [5, 5.41) is 2.65. The number of ether oxygens (including phenoxy) is 1. The zero-order valence-electron chi connectivity index (χ0n) is 16.5. The third kappa shape index (κ3) is 5.33. The lowest BCUT2D eigenvalue weighted by molar-refractivity contribution is -0.142. The molecule has 0 bridgehead atoms. The number of carbonyl (C=O) groups excluding carboxylic acids is 2. The van der Waals surface area contributed by atoms with E-state index in [4.69, 9.17) is 4.74 Å². The molecule has 0 saturated heterocycles. The maximum Gasteiger partial charge on any atom is 0.261 e. The smallest absolute Gasteiger partial charge is 0.261 e. The number of amides is 2. The van der Waals surface area contributed by atoms with E-state index in [-0.39, 0.29) is 18.4 Å². The Kier molecular flexibility index (Phi) is 7.41. The third-order valence-electron chi connectivity index (χ3n) is 4.73. The summed E-state index contributed by atoms with van der Waals surface area (Å²) in [4.78, 5) is 26.9. The van der Waals surface area contributed by atoms with Gasteiger partial charge < -0.3 is 15.0 Å². The van der Waals surface area contributed by atoms with Gasteiger partial charge in [-0.2, -0.15) is 0 Å². The summed E-state index contributed by atoms with van der Waals surface area (Å²) >= 11 is 0. The summed E-state index contributed by atoms with van der Waals surface area (Å²) < 4.78 is 5.78. The molecule has 144 valence electrons. The van der Waals surface area contributed by atoms with Crippen LogP contribution in [0.4, 0.5) is 0 Å². The van der Waals surface area contributed by atoms with E-state index in [1.165, 1.54) is 0 Å². The topological polar surface area (TPSA) is 58.6 Å². The lowest BCUT2D eigenvalue weighted by atomic mass is 10.1. The Morgan fingerprint density at radius 2 is 1.78 bits per heavy atom. The summed E-state index contributed by atoms with van der Waals surface area (Å²) in [7, 11) is 1.59. The number of likely N-dealkylation sites (N-methyl/N-ethyl adjacent to an activating group) is 1. The molecule has 1 N–H and O–H groups in total. The minimum atomic E-state index is -0.537. The summed E-state index contributed by atoms with van der Waals surface area (Å²) in [6.07, 6.45) is 0.529. The number of hydrogen-bond donors (Lipinski definition) is 1. The van der Waals surface area contributed by atoms with Gasteiger partial charge in [-0.3, -0.25) is 9.59 Å². The van der Waals surface area contributed by atoms with Crippen molar-refractivity contribution < 1.29 is 14.3 Å². The molecule has 2 aromatic carbocycles. The highest BCUT2D eigenvalue weighted by Gasteiger charge is 2.28. The standard InChI is InChI=1S/C22H28N2O3/c1-5-19(22(26)23-4)24(14-18-11-7-6-8-12-18)21(25)15-27-20-13-9-10-16(2)17(20)3/h6-13,19H,5,14-15H2,1-4H3,(H,23,26). The quantitative estimate of drug-likeness (QED) is 0.778. The van der Waals surface area contributed by atoms with E-state index in [9.17, 15) is 9.59 Å². The Labute approximate surface area is 161 Å². The van der Waals surface area contributed by atoms with Crippen molar-refractivity contribution in [2.24, 2.45) is 0 Å². The Morgan fingerprint density at radius 1 is 1.07 bits per heavy atom. The zero-order valence-corrected chi connectivity index (χ0v) is 16.5. The molecule has 5 nitrogen and oxygen atoms in total. The highest BCUT2D eigenvalue weighted by Crippen LogP contribution is 2.21. The highest BCUT2D eigenvalue weighted by molar-refractivity contribution is 5.88. The Bertz CT molecular complexity index is 774. The minimum Gasteiger partial charge on any atom is -0.483 e. The monoisotopic (exact) mass is 368 g/mol. The summed E-state index contributed by atoms with van der Waals surface area (Å²) in [6.45, 7) is 6.13. The van der Waals surface area contributed by atoms with Crippen molar-refractivity contribution in [2.75, 3.05) is 13.7 Å². The largest absolute Gasteiger partial charge is 0.483 e. The molecular weight excluding hydrogens is 340 g/mol. The first-order valence-corrected chi connectivity index (χ1v) is 9.21. The molecule has 2 rings (SSSR count). The van der Waals surface area contributed by atoms with Gasteiger partial charge in [-0.1, -0.05) is 49.4 Å². The van der Waals surface area contributed by atoms with Crippen LogP contribution in [-0.2, 0) is 16.1 Å². The van der Waals surface area contributed by atoms with Crippen molar-refractivity contribution in [3.63, 3.8) is 0 Å². The molecule has 0 aliphatic heterocycles. The van der Waals surface area contributed by atoms with Crippen molar-refractivity contribution >= 4 is 11.8 Å². The van der Waals surface area contributed by atoms with E-state index < -0.39 is 6.04 Å². The van der Waals surface area contributed by atoms with Crippen LogP contribution >= 0.6 is 0 Å². The zero-order chi connectivity index (χ0) is 19.8. The van der Waals surface area contributed by atoms with E-state index in [1.807, 2.05) is 69.3 Å². The predicted octanol–water partition coefficient (Wildman–Crippen LogP) is 3.24. The van der Waals surface area contributed by atoms with Crippen LogP contribution in [0.5, 0.6) is 5.75 Å². The normalized spacial score (nSPS) is 11.6.